The van der Waals surface area contributed by atoms with Gasteiger partial charge in [-0.05, 0) is 64.7 Å². The molecule has 2 atom stereocenters. The SMILES string of the molecule is Cc1cc2c(Cc3ccccc3)c(C(=O)N3C[C@@H](C)O[C@@H](C)C3)oc2cc1OC1CCN(C(C)C)CC1. The number of amides is 1. The minimum absolute atomic E-state index is 0.000915. The van der Waals surface area contributed by atoms with Crippen LogP contribution in [0.4, 0.5) is 0 Å². The summed E-state index contributed by atoms with van der Waals surface area (Å²) in [6.45, 7) is 13.9. The minimum atomic E-state index is -0.0645. The van der Waals surface area contributed by atoms with Gasteiger partial charge in [0.1, 0.15) is 17.4 Å². The van der Waals surface area contributed by atoms with Crippen LogP contribution in [0.1, 0.15) is 67.8 Å². The number of carbonyl (C=O) groups excluding carboxylic acids is 1. The molecule has 0 unspecified atom stereocenters. The zero-order chi connectivity index (χ0) is 26.1. The molecule has 5 rings (SSSR count). The van der Waals surface area contributed by atoms with E-state index in [1.54, 1.807) is 0 Å². The summed E-state index contributed by atoms with van der Waals surface area (Å²) in [6.07, 6.45) is 2.87. The lowest BCUT2D eigenvalue weighted by molar-refractivity contribution is -0.0592. The smallest absolute Gasteiger partial charge is 0.290 e. The standard InChI is InChI=1S/C31H40N2O4/c1-20(2)32-13-11-25(12-14-32)36-28-17-29-26(15-21(28)3)27(16-24-9-7-6-8-10-24)30(37-29)31(34)33-18-22(4)35-23(5)19-33/h6-10,15,17,20,22-23,25H,11-14,16,18-19H2,1-5H3/t22-,23+. The Hall–Kier alpha value is -2.83. The van der Waals surface area contributed by atoms with Crippen LogP contribution in [0.5, 0.6) is 5.75 Å². The number of benzene rings is 2. The van der Waals surface area contributed by atoms with Gasteiger partial charge < -0.3 is 23.7 Å². The highest BCUT2D eigenvalue weighted by atomic mass is 16.5. The molecule has 3 heterocycles. The normalized spacial score (nSPS) is 21.6. The summed E-state index contributed by atoms with van der Waals surface area (Å²) >= 11 is 0. The predicted molar refractivity (Wildman–Crippen MR) is 146 cm³/mol. The fraction of sp³-hybridized carbons (Fsp3) is 0.516. The van der Waals surface area contributed by atoms with E-state index in [1.165, 1.54) is 0 Å². The fourth-order valence-electron chi connectivity index (χ4n) is 5.74. The van der Waals surface area contributed by atoms with Gasteiger partial charge in [0.25, 0.3) is 5.91 Å². The lowest BCUT2D eigenvalue weighted by Crippen LogP contribution is -2.48. The summed E-state index contributed by atoms with van der Waals surface area (Å²) < 4.78 is 18.7. The first-order valence-electron chi connectivity index (χ1n) is 13.7. The van der Waals surface area contributed by atoms with E-state index < -0.39 is 0 Å². The van der Waals surface area contributed by atoms with Crippen LogP contribution in [-0.2, 0) is 11.2 Å². The molecule has 2 aliphatic rings. The van der Waals surface area contributed by atoms with E-state index in [2.05, 4.69) is 43.9 Å². The van der Waals surface area contributed by atoms with Crippen LogP contribution in [0.15, 0.2) is 46.9 Å². The van der Waals surface area contributed by atoms with Crippen molar-refractivity contribution in [3.8, 4) is 5.75 Å². The first kappa shape index (κ1) is 25.8. The number of likely N-dealkylation sites (tertiary alicyclic amines) is 1. The van der Waals surface area contributed by atoms with Gasteiger partial charge in [0, 0.05) is 55.7 Å². The number of furan rings is 1. The molecule has 198 valence electrons. The highest BCUT2D eigenvalue weighted by Gasteiger charge is 2.31. The molecule has 0 bridgehead atoms. The molecular formula is C31H40N2O4. The quantitative estimate of drug-likeness (QED) is 0.423. The molecule has 1 aromatic heterocycles. The number of hydrogen-bond acceptors (Lipinski definition) is 5. The second-order valence-electron chi connectivity index (χ2n) is 11.1. The zero-order valence-corrected chi connectivity index (χ0v) is 22.8. The Labute approximate surface area is 220 Å². The molecule has 0 saturated carbocycles. The Morgan fingerprint density at radius 1 is 1.05 bits per heavy atom. The van der Waals surface area contributed by atoms with Gasteiger partial charge in [0.05, 0.1) is 12.2 Å². The van der Waals surface area contributed by atoms with Crippen molar-refractivity contribution < 1.29 is 18.7 Å². The molecule has 37 heavy (non-hydrogen) atoms. The molecule has 2 fully saturated rings. The van der Waals surface area contributed by atoms with Crippen molar-refractivity contribution in [2.24, 2.45) is 0 Å². The first-order chi connectivity index (χ1) is 17.8. The van der Waals surface area contributed by atoms with Gasteiger partial charge in [-0.15, -0.1) is 0 Å². The van der Waals surface area contributed by atoms with Crippen molar-refractivity contribution in [1.82, 2.24) is 9.80 Å². The maximum Gasteiger partial charge on any atom is 0.290 e. The maximum atomic E-state index is 13.8. The molecule has 2 aromatic carbocycles. The van der Waals surface area contributed by atoms with E-state index in [9.17, 15) is 4.79 Å². The van der Waals surface area contributed by atoms with Crippen molar-refractivity contribution in [2.75, 3.05) is 26.2 Å². The summed E-state index contributed by atoms with van der Waals surface area (Å²) in [5.74, 6) is 1.22. The number of rotatable bonds is 6. The number of hydrogen-bond donors (Lipinski definition) is 0. The van der Waals surface area contributed by atoms with E-state index in [-0.39, 0.29) is 24.2 Å². The minimum Gasteiger partial charge on any atom is -0.490 e. The third-order valence-electron chi connectivity index (χ3n) is 7.71. The number of morpholine rings is 1. The van der Waals surface area contributed by atoms with Crippen LogP contribution >= 0.6 is 0 Å². The summed E-state index contributed by atoms with van der Waals surface area (Å²) in [5.41, 5.74) is 3.88. The molecular weight excluding hydrogens is 464 g/mol. The van der Waals surface area contributed by atoms with Crippen LogP contribution in [0.2, 0.25) is 0 Å². The van der Waals surface area contributed by atoms with Crippen LogP contribution in [-0.4, -0.2) is 66.2 Å². The highest BCUT2D eigenvalue weighted by Crippen LogP contribution is 2.35. The van der Waals surface area contributed by atoms with E-state index in [0.29, 0.717) is 36.9 Å². The number of piperidine rings is 1. The molecule has 0 spiro atoms. The summed E-state index contributed by atoms with van der Waals surface area (Å²) in [4.78, 5) is 18.2. The van der Waals surface area contributed by atoms with Crippen LogP contribution in [0, 0.1) is 6.92 Å². The molecule has 1 amide bonds. The second kappa shape index (κ2) is 10.9. The van der Waals surface area contributed by atoms with E-state index >= 15 is 0 Å². The molecule has 0 radical (unpaired) electrons. The van der Waals surface area contributed by atoms with Gasteiger partial charge in [-0.3, -0.25) is 4.79 Å². The lowest BCUT2D eigenvalue weighted by Gasteiger charge is -2.35. The van der Waals surface area contributed by atoms with Gasteiger partial charge in [-0.2, -0.15) is 0 Å². The van der Waals surface area contributed by atoms with Crippen molar-refractivity contribution >= 4 is 16.9 Å². The number of aryl methyl sites for hydroxylation is 1. The second-order valence-corrected chi connectivity index (χ2v) is 11.1. The average Bonchev–Trinajstić information content (AvgIpc) is 3.21. The summed E-state index contributed by atoms with van der Waals surface area (Å²) in [6, 6.07) is 15.0. The van der Waals surface area contributed by atoms with Crippen LogP contribution in [0.3, 0.4) is 0 Å². The topological polar surface area (TPSA) is 55.2 Å². The van der Waals surface area contributed by atoms with Crippen molar-refractivity contribution in [2.45, 2.75) is 78.2 Å². The average molecular weight is 505 g/mol. The summed E-state index contributed by atoms with van der Waals surface area (Å²) in [5, 5.41) is 0.987. The van der Waals surface area contributed by atoms with E-state index in [4.69, 9.17) is 13.9 Å². The van der Waals surface area contributed by atoms with E-state index in [1.807, 2.05) is 43.0 Å². The third-order valence-corrected chi connectivity index (χ3v) is 7.71. The molecule has 0 aliphatic carbocycles. The van der Waals surface area contributed by atoms with E-state index in [0.717, 1.165) is 53.8 Å². The molecule has 0 N–H and O–H groups in total. The van der Waals surface area contributed by atoms with Crippen LogP contribution in [0.25, 0.3) is 11.0 Å². The zero-order valence-electron chi connectivity index (χ0n) is 22.8. The number of fused-ring (bicyclic) bond motifs is 1. The predicted octanol–water partition coefficient (Wildman–Crippen LogP) is 5.83. The van der Waals surface area contributed by atoms with Gasteiger partial charge >= 0.3 is 0 Å². The Morgan fingerprint density at radius 2 is 1.73 bits per heavy atom. The Balaban J connectivity index is 1.47. The number of ether oxygens (including phenoxy) is 2. The van der Waals surface area contributed by atoms with Crippen molar-refractivity contribution in [3.63, 3.8) is 0 Å². The molecule has 2 saturated heterocycles. The maximum absolute atomic E-state index is 13.8. The number of nitrogens with zero attached hydrogens (tertiary/aromatic N) is 2. The van der Waals surface area contributed by atoms with Gasteiger partial charge in [-0.25, -0.2) is 0 Å². The Kier molecular flexibility index (Phi) is 7.59. The number of carbonyl (C=O) groups is 1. The van der Waals surface area contributed by atoms with Crippen molar-refractivity contribution in [3.05, 3.63) is 64.9 Å². The van der Waals surface area contributed by atoms with Crippen LogP contribution < -0.4 is 4.74 Å². The molecule has 3 aromatic rings. The monoisotopic (exact) mass is 504 g/mol. The van der Waals surface area contributed by atoms with Gasteiger partial charge in [0.15, 0.2) is 5.76 Å². The lowest BCUT2D eigenvalue weighted by atomic mass is 9.99. The Morgan fingerprint density at radius 3 is 2.38 bits per heavy atom. The third kappa shape index (κ3) is 5.70. The molecule has 6 nitrogen and oxygen atoms in total. The largest absolute Gasteiger partial charge is 0.490 e. The first-order valence-corrected chi connectivity index (χ1v) is 13.7. The molecule has 6 heteroatoms. The summed E-state index contributed by atoms with van der Waals surface area (Å²) in [7, 11) is 0. The highest BCUT2D eigenvalue weighted by molar-refractivity contribution is 6.00. The Bertz CT molecular complexity index is 1220. The fourth-order valence-corrected chi connectivity index (χ4v) is 5.74. The molecule has 2 aliphatic heterocycles. The van der Waals surface area contributed by atoms with Gasteiger partial charge in [0.2, 0.25) is 0 Å². The van der Waals surface area contributed by atoms with Crippen molar-refractivity contribution in [1.29, 1.82) is 0 Å². The van der Waals surface area contributed by atoms with Gasteiger partial charge in [-0.1, -0.05) is 30.3 Å².